The lowest BCUT2D eigenvalue weighted by molar-refractivity contribution is -0.115. The maximum absolute atomic E-state index is 11.5. The van der Waals surface area contributed by atoms with Gasteiger partial charge in [0.05, 0.1) is 0 Å². The Morgan fingerprint density at radius 2 is 1.65 bits per heavy atom. The van der Waals surface area contributed by atoms with Crippen molar-refractivity contribution in [3.8, 4) is 11.8 Å². The van der Waals surface area contributed by atoms with Crippen LogP contribution in [-0.4, -0.2) is 12.5 Å². The summed E-state index contributed by atoms with van der Waals surface area (Å²) >= 11 is 0. The first kappa shape index (κ1) is 13.6. The second kappa shape index (κ2) is 7.60. The summed E-state index contributed by atoms with van der Waals surface area (Å²) in [4.78, 5) is 11.5. The quantitative estimate of drug-likeness (QED) is 0.846. The number of nitrogens with one attached hydrogen (secondary N) is 1. The maximum Gasteiger partial charge on any atom is 0.296 e. The molecule has 0 spiro atoms. The molecule has 20 heavy (non-hydrogen) atoms. The molecule has 0 aliphatic heterocycles. The molecule has 2 nitrogen and oxygen atoms in total. The zero-order valence-corrected chi connectivity index (χ0v) is 11.0. The minimum Gasteiger partial charge on any atom is -0.342 e. The predicted molar refractivity (Wildman–Crippen MR) is 81.8 cm³/mol. The summed E-state index contributed by atoms with van der Waals surface area (Å²) < 4.78 is 0. The highest BCUT2D eigenvalue weighted by atomic mass is 16.1. The van der Waals surface area contributed by atoms with Gasteiger partial charge in [0.1, 0.15) is 0 Å². The number of hydrogen-bond donors (Lipinski definition) is 1. The molecule has 0 aliphatic rings. The lowest BCUT2D eigenvalue weighted by Gasteiger charge is -1.95. The van der Waals surface area contributed by atoms with Gasteiger partial charge in [-0.2, -0.15) is 0 Å². The molecule has 2 heteroatoms. The molecule has 0 aliphatic carbocycles. The number of amides is 1. The molecule has 2 aromatic rings. The molecule has 0 saturated carbocycles. The highest BCUT2D eigenvalue weighted by molar-refractivity contribution is 5.94. The van der Waals surface area contributed by atoms with E-state index in [2.05, 4.69) is 17.2 Å². The second-order valence-electron chi connectivity index (χ2n) is 4.14. The van der Waals surface area contributed by atoms with Crippen LogP contribution in [0.1, 0.15) is 11.1 Å². The molecule has 0 atom stereocenters. The monoisotopic (exact) mass is 261 g/mol. The van der Waals surface area contributed by atoms with Gasteiger partial charge in [-0.05, 0) is 17.7 Å². The van der Waals surface area contributed by atoms with Crippen LogP contribution in [0.4, 0.5) is 0 Å². The Kier molecular flexibility index (Phi) is 5.18. The highest BCUT2D eigenvalue weighted by Gasteiger charge is 1.91. The van der Waals surface area contributed by atoms with Crippen molar-refractivity contribution >= 4 is 12.0 Å². The van der Waals surface area contributed by atoms with Crippen molar-refractivity contribution in [1.82, 2.24) is 5.32 Å². The third-order valence-corrected chi connectivity index (χ3v) is 2.58. The summed E-state index contributed by atoms with van der Waals surface area (Å²) in [5.74, 6) is 5.11. The van der Waals surface area contributed by atoms with Crippen LogP contribution in [0.5, 0.6) is 0 Å². The first-order chi connectivity index (χ1) is 9.84. The minimum absolute atomic E-state index is 0.272. The molecule has 2 rings (SSSR count). The molecule has 0 aromatic heterocycles. The number of hydrogen-bond acceptors (Lipinski definition) is 1. The number of benzene rings is 2. The normalized spacial score (nSPS) is 9.80. The Hall–Kier alpha value is -2.79. The minimum atomic E-state index is -0.272. The van der Waals surface area contributed by atoms with Crippen molar-refractivity contribution in [3.05, 3.63) is 77.9 Å². The molecular weight excluding hydrogens is 246 g/mol. The van der Waals surface area contributed by atoms with Crippen molar-refractivity contribution in [2.24, 2.45) is 0 Å². The van der Waals surface area contributed by atoms with E-state index in [9.17, 15) is 4.79 Å². The van der Waals surface area contributed by atoms with Crippen LogP contribution in [0.2, 0.25) is 0 Å². The second-order valence-corrected chi connectivity index (χ2v) is 4.14. The summed E-state index contributed by atoms with van der Waals surface area (Å²) in [6.07, 6.45) is 3.86. The Bertz CT molecular complexity index is 633. The van der Waals surface area contributed by atoms with Crippen LogP contribution >= 0.6 is 0 Å². The molecule has 0 saturated heterocycles. The average molecular weight is 261 g/mol. The van der Waals surface area contributed by atoms with E-state index in [1.54, 1.807) is 0 Å². The van der Waals surface area contributed by atoms with Crippen LogP contribution < -0.4 is 5.32 Å². The summed E-state index contributed by atoms with van der Waals surface area (Å²) in [6.45, 7) is 0.469. The molecule has 0 bridgehead atoms. The van der Waals surface area contributed by atoms with Gasteiger partial charge in [0.25, 0.3) is 5.91 Å². The summed E-state index contributed by atoms with van der Waals surface area (Å²) in [7, 11) is 0. The fourth-order valence-electron chi connectivity index (χ4n) is 1.61. The van der Waals surface area contributed by atoms with Crippen LogP contribution in [0, 0.1) is 11.8 Å². The number of carbonyl (C=O) groups excluding carboxylic acids is 1. The summed E-state index contributed by atoms with van der Waals surface area (Å²) in [6, 6.07) is 19.4. The molecule has 0 unspecified atom stereocenters. The molecule has 0 heterocycles. The van der Waals surface area contributed by atoms with Crippen LogP contribution in [-0.2, 0) is 4.79 Å². The van der Waals surface area contributed by atoms with E-state index in [-0.39, 0.29) is 5.91 Å². The fraction of sp³-hybridized carbons (Fsp3) is 0.0556. The molecule has 98 valence electrons. The van der Waals surface area contributed by atoms with Gasteiger partial charge in [0.2, 0.25) is 0 Å². The van der Waals surface area contributed by atoms with E-state index < -0.39 is 0 Å². The van der Waals surface area contributed by atoms with E-state index in [0.717, 1.165) is 11.1 Å². The molecular formula is C18H15NO. The number of rotatable bonds is 3. The van der Waals surface area contributed by atoms with E-state index in [1.807, 2.05) is 72.8 Å². The van der Waals surface area contributed by atoms with Gasteiger partial charge >= 0.3 is 0 Å². The van der Waals surface area contributed by atoms with E-state index >= 15 is 0 Å². The fourth-order valence-corrected chi connectivity index (χ4v) is 1.61. The first-order valence-corrected chi connectivity index (χ1v) is 6.41. The largest absolute Gasteiger partial charge is 0.342 e. The standard InChI is InChI=1S/C18H15NO/c20-18(14-13-17-10-5-2-6-11-17)19-15-7-12-16-8-3-1-4-9-16/h1-12H,15H2,(H,19,20)/b12-7-. The highest BCUT2D eigenvalue weighted by Crippen LogP contribution is 1.99. The average Bonchev–Trinajstić information content (AvgIpc) is 2.52. The zero-order chi connectivity index (χ0) is 14.0. The van der Waals surface area contributed by atoms with Gasteiger partial charge < -0.3 is 5.32 Å². The Morgan fingerprint density at radius 1 is 1.00 bits per heavy atom. The van der Waals surface area contributed by atoms with E-state index in [4.69, 9.17) is 0 Å². The Morgan fingerprint density at radius 3 is 2.35 bits per heavy atom. The topological polar surface area (TPSA) is 29.1 Å². The van der Waals surface area contributed by atoms with Gasteiger partial charge in [-0.1, -0.05) is 66.6 Å². The molecule has 0 radical (unpaired) electrons. The van der Waals surface area contributed by atoms with Gasteiger partial charge in [-0.3, -0.25) is 4.79 Å². The Balaban J connectivity index is 1.79. The maximum atomic E-state index is 11.5. The van der Waals surface area contributed by atoms with E-state index in [1.165, 1.54) is 0 Å². The van der Waals surface area contributed by atoms with Crippen molar-refractivity contribution < 1.29 is 4.79 Å². The third-order valence-electron chi connectivity index (χ3n) is 2.58. The molecule has 1 amide bonds. The Labute approximate surface area is 119 Å². The van der Waals surface area contributed by atoms with Crippen LogP contribution in [0.15, 0.2) is 66.7 Å². The van der Waals surface area contributed by atoms with Crippen LogP contribution in [0.3, 0.4) is 0 Å². The first-order valence-electron chi connectivity index (χ1n) is 6.41. The van der Waals surface area contributed by atoms with Crippen molar-refractivity contribution in [1.29, 1.82) is 0 Å². The summed E-state index contributed by atoms with van der Waals surface area (Å²) in [5, 5.41) is 2.72. The van der Waals surface area contributed by atoms with Gasteiger partial charge in [0, 0.05) is 18.0 Å². The van der Waals surface area contributed by atoms with Crippen molar-refractivity contribution in [2.45, 2.75) is 0 Å². The smallest absolute Gasteiger partial charge is 0.296 e. The zero-order valence-electron chi connectivity index (χ0n) is 11.0. The molecule has 1 N–H and O–H groups in total. The molecule has 0 fully saturated rings. The molecule has 2 aromatic carbocycles. The van der Waals surface area contributed by atoms with Crippen molar-refractivity contribution in [3.63, 3.8) is 0 Å². The van der Waals surface area contributed by atoms with E-state index in [0.29, 0.717) is 6.54 Å². The summed E-state index contributed by atoms with van der Waals surface area (Å²) in [5.41, 5.74) is 1.94. The SMILES string of the molecule is O=C(C#Cc1ccccc1)NC/C=C\c1ccccc1. The third kappa shape index (κ3) is 4.83. The lowest BCUT2D eigenvalue weighted by Crippen LogP contribution is -2.21. The van der Waals surface area contributed by atoms with Gasteiger partial charge in [-0.15, -0.1) is 0 Å². The van der Waals surface area contributed by atoms with Gasteiger partial charge in [0.15, 0.2) is 0 Å². The predicted octanol–water partition coefficient (Wildman–Crippen LogP) is 2.87. The van der Waals surface area contributed by atoms with Gasteiger partial charge in [-0.25, -0.2) is 0 Å². The van der Waals surface area contributed by atoms with Crippen molar-refractivity contribution in [2.75, 3.05) is 6.54 Å². The number of carbonyl (C=O) groups is 1. The lowest BCUT2D eigenvalue weighted by atomic mass is 10.2. The van der Waals surface area contributed by atoms with Crippen LogP contribution in [0.25, 0.3) is 6.08 Å².